The Hall–Kier alpha value is -1.86. The van der Waals surface area contributed by atoms with Crippen LogP contribution in [0.4, 0.5) is 5.69 Å². The monoisotopic (exact) mass is 242 g/mol. The minimum Gasteiger partial charge on any atom is -0.493 e. The molecule has 0 spiro atoms. The third-order valence-electron chi connectivity index (χ3n) is 2.30. The zero-order valence-corrected chi connectivity index (χ0v) is 9.54. The number of aliphatic hydroxyl groups excluding tert-OH is 1. The second kappa shape index (κ2) is 5.46. The second-order valence-electron chi connectivity index (χ2n) is 3.32. The van der Waals surface area contributed by atoms with Gasteiger partial charge in [0, 0.05) is 6.07 Å². The lowest BCUT2D eigenvalue weighted by Gasteiger charge is -2.13. The number of hydrogen-bond acceptors (Lipinski definition) is 6. The molecule has 0 saturated heterocycles. The highest BCUT2D eigenvalue weighted by atomic mass is 16.6. The molecule has 0 aliphatic heterocycles. The maximum atomic E-state index is 10.9. The number of nitrogens with zero attached hydrogens (tertiary/aromatic N) is 1. The summed E-state index contributed by atoms with van der Waals surface area (Å²) in [5.41, 5.74) is 5.78. The highest BCUT2D eigenvalue weighted by Gasteiger charge is 2.23. The summed E-state index contributed by atoms with van der Waals surface area (Å²) in [6.07, 6.45) is 0. The molecule has 1 atom stereocenters. The van der Waals surface area contributed by atoms with Crippen LogP contribution in [0.5, 0.6) is 11.5 Å². The van der Waals surface area contributed by atoms with E-state index in [9.17, 15) is 10.1 Å². The van der Waals surface area contributed by atoms with Gasteiger partial charge in [-0.25, -0.2) is 0 Å². The van der Waals surface area contributed by atoms with E-state index in [-0.39, 0.29) is 23.8 Å². The summed E-state index contributed by atoms with van der Waals surface area (Å²) in [5.74, 6) is 0.243. The van der Waals surface area contributed by atoms with Crippen LogP contribution in [0.3, 0.4) is 0 Å². The van der Waals surface area contributed by atoms with Crippen LogP contribution >= 0.6 is 0 Å². The number of methoxy groups -OCH3 is 2. The lowest BCUT2D eigenvalue weighted by Crippen LogP contribution is -2.15. The van der Waals surface area contributed by atoms with Crippen LogP contribution in [0, 0.1) is 10.1 Å². The number of ether oxygens (including phenoxy) is 2. The summed E-state index contributed by atoms with van der Waals surface area (Å²) in [6, 6.07) is 2.07. The summed E-state index contributed by atoms with van der Waals surface area (Å²) in [6.45, 7) is -0.313. The molecule has 0 radical (unpaired) electrons. The van der Waals surface area contributed by atoms with Crippen LogP contribution in [0.2, 0.25) is 0 Å². The van der Waals surface area contributed by atoms with E-state index in [1.54, 1.807) is 0 Å². The van der Waals surface area contributed by atoms with Gasteiger partial charge in [0.1, 0.15) is 0 Å². The molecule has 0 saturated carbocycles. The van der Waals surface area contributed by atoms with E-state index in [1.807, 2.05) is 0 Å². The Balaban J connectivity index is 3.39. The van der Waals surface area contributed by atoms with Crippen molar-refractivity contribution in [1.29, 1.82) is 0 Å². The van der Waals surface area contributed by atoms with E-state index in [1.165, 1.54) is 26.4 Å². The molecule has 1 aromatic rings. The zero-order valence-electron chi connectivity index (χ0n) is 9.54. The van der Waals surface area contributed by atoms with E-state index in [0.717, 1.165) is 0 Å². The Bertz CT molecular complexity index is 421. The molecular formula is C10H14N2O5. The Morgan fingerprint density at radius 2 is 2.12 bits per heavy atom. The maximum absolute atomic E-state index is 10.9. The molecule has 7 heteroatoms. The molecule has 94 valence electrons. The highest BCUT2D eigenvalue weighted by molar-refractivity contribution is 5.58. The molecule has 3 N–H and O–H groups in total. The Labute approximate surface area is 97.9 Å². The first-order valence-corrected chi connectivity index (χ1v) is 4.81. The molecule has 0 bridgehead atoms. The topological polar surface area (TPSA) is 108 Å². The molecular weight excluding hydrogens is 228 g/mol. The number of aliphatic hydroxyl groups is 1. The van der Waals surface area contributed by atoms with Crippen molar-refractivity contribution in [3.8, 4) is 11.5 Å². The Morgan fingerprint density at radius 1 is 1.47 bits per heavy atom. The third-order valence-corrected chi connectivity index (χ3v) is 2.30. The first-order chi connectivity index (χ1) is 8.04. The van der Waals surface area contributed by atoms with E-state index in [2.05, 4.69) is 0 Å². The number of hydrogen-bond donors (Lipinski definition) is 2. The lowest BCUT2D eigenvalue weighted by molar-refractivity contribution is -0.385. The minimum absolute atomic E-state index is 0.0337. The fourth-order valence-electron chi connectivity index (χ4n) is 1.42. The fourth-order valence-corrected chi connectivity index (χ4v) is 1.42. The van der Waals surface area contributed by atoms with Crippen LogP contribution in [0.1, 0.15) is 11.6 Å². The van der Waals surface area contributed by atoms with Crippen LogP contribution < -0.4 is 15.2 Å². The molecule has 1 aromatic carbocycles. The normalized spacial score (nSPS) is 12.0. The number of nitro groups is 1. The molecule has 17 heavy (non-hydrogen) atoms. The number of benzene rings is 1. The van der Waals surface area contributed by atoms with Crippen LogP contribution in [0.15, 0.2) is 12.1 Å². The fraction of sp³-hybridized carbons (Fsp3) is 0.400. The van der Waals surface area contributed by atoms with Gasteiger partial charge in [0.2, 0.25) is 5.75 Å². The second-order valence-corrected chi connectivity index (χ2v) is 3.32. The van der Waals surface area contributed by atoms with Crippen LogP contribution in [-0.4, -0.2) is 30.9 Å². The predicted molar refractivity (Wildman–Crippen MR) is 60.2 cm³/mol. The summed E-state index contributed by atoms with van der Waals surface area (Å²) in [4.78, 5) is 10.3. The molecule has 0 fully saturated rings. The van der Waals surface area contributed by atoms with Gasteiger partial charge in [0.25, 0.3) is 0 Å². The molecule has 0 aliphatic rings. The highest BCUT2D eigenvalue weighted by Crippen LogP contribution is 2.38. The lowest BCUT2D eigenvalue weighted by atomic mass is 10.1. The largest absolute Gasteiger partial charge is 0.493 e. The van der Waals surface area contributed by atoms with E-state index < -0.39 is 11.0 Å². The zero-order chi connectivity index (χ0) is 13.0. The average Bonchev–Trinajstić information content (AvgIpc) is 2.35. The molecule has 0 amide bonds. The van der Waals surface area contributed by atoms with Gasteiger partial charge < -0.3 is 20.3 Å². The molecule has 1 rings (SSSR count). The summed E-state index contributed by atoms with van der Waals surface area (Å²) < 4.78 is 9.92. The first-order valence-electron chi connectivity index (χ1n) is 4.81. The molecule has 0 heterocycles. The standard InChI is InChI=1S/C10H14N2O5/c1-16-9-4-6(7(11)5-13)3-8(12(14)15)10(9)17-2/h3-4,7,13H,5,11H2,1-2H3/t7-/m1/s1. The smallest absolute Gasteiger partial charge is 0.315 e. The summed E-state index contributed by atoms with van der Waals surface area (Å²) in [5, 5.41) is 19.8. The average molecular weight is 242 g/mol. The number of nitrogens with two attached hydrogens (primary N) is 1. The number of nitro benzene ring substituents is 1. The maximum Gasteiger partial charge on any atom is 0.315 e. The van der Waals surface area contributed by atoms with Crippen LogP contribution in [-0.2, 0) is 0 Å². The Morgan fingerprint density at radius 3 is 2.53 bits per heavy atom. The quantitative estimate of drug-likeness (QED) is 0.578. The minimum atomic E-state index is -0.700. The van der Waals surface area contributed by atoms with Crippen molar-refractivity contribution in [2.24, 2.45) is 5.73 Å². The van der Waals surface area contributed by atoms with Gasteiger partial charge in [-0.2, -0.15) is 0 Å². The SMILES string of the molecule is COc1cc([C@H](N)CO)cc([N+](=O)[O-])c1OC. The van der Waals surface area contributed by atoms with Gasteiger partial charge in [-0.15, -0.1) is 0 Å². The first kappa shape index (κ1) is 13.2. The molecule has 0 aliphatic carbocycles. The molecule has 7 nitrogen and oxygen atoms in total. The van der Waals surface area contributed by atoms with Crippen molar-refractivity contribution in [3.63, 3.8) is 0 Å². The number of rotatable bonds is 5. The predicted octanol–water partition coefficient (Wildman–Crippen LogP) is 0.604. The van der Waals surface area contributed by atoms with Gasteiger partial charge in [0.15, 0.2) is 5.75 Å². The van der Waals surface area contributed by atoms with E-state index in [0.29, 0.717) is 5.56 Å². The molecule has 0 unspecified atom stereocenters. The van der Waals surface area contributed by atoms with Gasteiger partial charge in [-0.3, -0.25) is 10.1 Å². The van der Waals surface area contributed by atoms with Gasteiger partial charge in [-0.1, -0.05) is 0 Å². The van der Waals surface area contributed by atoms with E-state index >= 15 is 0 Å². The van der Waals surface area contributed by atoms with Crippen molar-refractivity contribution in [2.75, 3.05) is 20.8 Å². The summed E-state index contributed by atoms with van der Waals surface area (Å²) >= 11 is 0. The van der Waals surface area contributed by atoms with Crippen molar-refractivity contribution in [3.05, 3.63) is 27.8 Å². The van der Waals surface area contributed by atoms with Gasteiger partial charge in [0.05, 0.1) is 31.8 Å². The van der Waals surface area contributed by atoms with Crippen molar-refractivity contribution in [1.82, 2.24) is 0 Å². The Kier molecular flexibility index (Phi) is 4.24. The third kappa shape index (κ3) is 2.63. The molecule has 0 aromatic heterocycles. The van der Waals surface area contributed by atoms with Crippen molar-refractivity contribution in [2.45, 2.75) is 6.04 Å². The summed E-state index contributed by atoms with van der Waals surface area (Å²) in [7, 11) is 2.69. The van der Waals surface area contributed by atoms with Crippen molar-refractivity contribution >= 4 is 5.69 Å². The van der Waals surface area contributed by atoms with Crippen LogP contribution in [0.25, 0.3) is 0 Å². The van der Waals surface area contributed by atoms with Gasteiger partial charge in [-0.05, 0) is 11.6 Å². The van der Waals surface area contributed by atoms with Gasteiger partial charge >= 0.3 is 5.69 Å². The van der Waals surface area contributed by atoms with Crippen molar-refractivity contribution < 1.29 is 19.5 Å². The van der Waals surface area contributed by atoms with E-state index in [4.69, 9.17) is 20.3 Å².